The van der Waals surface area contributed by atoms with Crippen molar-refractivity contribution in [2.45, 2.75) is 25.3 Å². The van der Waals surface area contributed by atoms with E-state index in [0.29, 0.717) is 18.7 Å². The number of likely N-dealkylation sites (tertiary alicyclic amines) is 1. The molecule has 2 heterocycles. The maximum Gasteiger partial charge on any atom is 0.256 e. The molecule has 2 aromatic rings. The summed E-state index contributed by atoms with van der Waals surface area (Å²) in [6, 6.07) is 6.33. The number of halogens is 2. The third-order valence-electron chi connectivity index (χ3n) is 5.64. The predicted molar refractivity (Wildman–Crippen MR) is 94.0 cm³/mol. The lowest BCUT2D eigenvalue weighted by Crippen LogP contribution is -2.42. The molecule has 1 N–H and O–H groups in total. The molecule has 1 aromatic heterocycles. The molecule has 5 nitrogen and oxygen atoms in total. The highest BCUT2D eigenvalue weighted by molar-refractivity contribution is 5.95. The molecule has 1 unspecified atom stereocenters. The van der Waals surface area contributed by atoms with E-state index >= 15 is 0 Å². The zero-order valence-electron chi connectivity index (χ0n) is 14.6. The number of rotatable bonds is 3. The van der Waals surface area contributed by atoms with E-state index in [1.807, 2.05) is 0 Å². The molecule has 140 valence electrons. The van der Waals surface area contributed by atoms with Gasteiger partial charge in [0.25, 0.3) is 11.8 Å². The molecular weight excluding hydrogens is 352 g/mol. The van der Waals surface area contributed by atoms with Crippen molar-refractivity contribution in [3.05, 3.63) is 65.5 Å². The van der Waals surface area contributed by atoms with Gasteiger partial charge in [0.15, 0.2) is 0 Å². The molecular formula is C20H19F2N3O2. The number of aromatic nitrogens is 1. The van der Waals surface area contributed by atoms with Crippen molar-refractivity contribution in [3.63, 3.8) is 0 Å². The first kappa shape index (κ1) is 17.6. The molecule has 0 bridgehead atoms. The van der Waals surface area contributed by atoms with Gasteiger partial charge in [-0.1, -0.05) is 0 Å². The standard InChI is InChI=1S/C20H19F2N3O2/c21-14-1-2-16(22)15(11-14)19(27)25-9-5-20(6-10-25)12-17(20)24-18(26)13-3-7-23-8-4-13/h1-4,7-8,11,17H,5-6,9-10,12H2,(H,24,26). The van der Waals surface area contributed by atoms with Gasteiger partial charge in [-0.3, -0.25) is 14.6 Å². The third-order valence-corrected chi connectivity index (χ3v) is 5.64. The first-order chi connectivity index (χ1) is 13.0. The highest BCUT2D eigenvalue weighted by Gasteiger charge is 2.56. The van der Waals surface area contributed by atoms with Crippen LogP contribution in [0.15, 0.2) is 42.7 Å². The second-order valence-electron chi connectivity index (χ2n) is 7.24. The van der Waals surface area contributed by atoms with Gasteiger partial charge in [-0.25, -0.2) is 8.78 Å². The summed E-state index contributed by atoms with van der Waals surface area (Å²) in [6.07, 6.45) is 5.49. The Morgan fingerprint density at radius 2 is 1.81 bits per heavy atom. The molecule has 1 aliphatic carbocycles. The van der Waals surface area contributed by atoms with Crippen LogP contribution in [0.4, 0.5) is 8.78 Å². The Kier molecular flexibility index (Phi) is 4.37. The van der Waals surface area contributed by atoms with Crippen LogP contribution in [0, 0.1) is 17.0 Å². The summed E-state index contributed by atoms with van der Waals surface area (Å²) >= 11 is 0. The maximum absolute atomic E-state index is 13.8. The normalized spacial score (nSPS) is 20.4. The summed E-state index contributed by atoms with van der Waals surface area (Å²) in [5.74, 6) is -1.95. The van der Waals surface area contributed by atoms with Gasteiger partial charge in [0.2, 0.25) is 0 Å². The van der Waals surface area contributed by atoms with Crippen LogP contribution < -0.4 is 5.32 Å². The van der Waals surface area contributed by atoms with Crippen LogP contribution in [0.3, 0.4) is 0 Å². The van der Waals surface area contributed by atoms with Gasteiger partial charge < -0.3 is 10.2 Å². The molecule has 7 heteroatoms. The van der Waals surface area contributed by atoms with Crippen LogP contribution in [-0.4, -0.2) is 40.8 Å². The third kappa shape index (κ3) is 3.41. The average Bonchev–Trinajstić information content (AvgIpc) is 3.35. The van der Waals surface area contributed by atoms with E-state index < -0.39 is 17.5 Å². The number of nitrogens with one attached hydrogen (secondary N) is 1. The Bertz CT molecular complexity index is 880. The Labute approximate surface area is 155 Å². The molecule has 4 rings (SSSR count). The fourth-order valence-corrected chi connectivity index (χ4v) is 3.84. The number of hydrogen-bond donors (Lipinski definition) is 1. The lowest BCUT2D eigenvalue weighted by molar-refractivity contribution is 0.0662. The number of piperidine rings is 1. The zero-order chi connectivity index (χ0) is 19.0. The SMILES string of the molecule is O=C(NC1CC12CCN(C(=O)c1cc(F)ccc1F)CC2)c1ccncc1. The molecule has 1 spiro atoms. The number of nitrogens with zero attached hydrogens (tertiary/aromatic N) is 2. The summed E-state index contributed by atoms with van der Waals surface area (Å²) in [6.45, 7) is 0.937. The number of carbonyl (C=O) groups is 2. The summed E-state index contributed by atoms with van der Waals surface area (Å²) in [4.78, 5) is 30.2. The van der Waals surface area contributed by atoms with Crippen molar-refractivity contribution in [1.29, 1.82) is 0 Å². The molecule has 1 aromatic carbocycles. The first-order valence-corrected chi connectivity index (χ1v) is 8.94. The second-order valence-corrected chi connectivity index (χ2v) is 7.24. The highest BCUT2D eigenvalue weighted by Crippen LogP contribution is 2.54. The van der Waals surface area contributed by atoms with Gasteiger partial charge >= 0.3 is 0 Å². The monoisotopic (exact) mass is 371 g/mol. The van der Waals surface area contributed by atoms with Crippen LogP contribution in [0.2, 0.25) is 0 Å². The fourth-order valence-electron chi connectivity index (χ4n) is 3.84. The molecule has 1 saturated carbocycles. The number of carbonyl (C=O) groups excluding carboxylic acids is 2. The lowest BCUT2D eigenvalue weighted by atomic mass is 9.92. The molecule has 2 fully saturated rings. The van der Waals surface area contributed by atoms with Gasteiger partial charge in [0.05, 0.1) is 5.56 Å². The summed E-state index contributed by atoms with van der Waals surface area (Å²) in [7, 11) is 0. The number of benzene rings is 1. The minimum absolute atomic E-state index is 0.0000468. The molecule has 1 atom stereocenters. The van der Waals surface area contributed by atoms with E-state index in [2.05, 4.69) is 10.3 Å². The zero-order valence-corrected chi connectivity index (χ0v) is 14.6. The molecule has 2 amide bonds. The van der Waals surface area contributed by atoms with Crippen molar-refractivity contribution in [2.24, 2.45) is 5.41 Å². The van der Waals surface area contributed by atoms with E-state index in [1.165, 1.54) is 0 Å². The van der Waals surface area contributed by atoms with Gasteiger partial charge in [-0.15, -0.1) is 0 Å². The quantitative estimate of drug-likeness (QED) is 0.903. The van der Waals surface area contributed by atoms with Crippen LogP contribution in [0.5, 0.6) is 0 Å². The predicted octanol–water partition coefficient (Wildman–Crippen LogP) is 2.78. The van der Waals surface area contributed by atoms with Gasteiger partial charge in [0, 0.05) is 37.1 Å². The topological polar surface area (TPSA) is 62.3 Å². The smallest absolute Gasteiger partial charge is 0.256 e. The summed E-state index contributed by atoms with van der Waals surface area (Å²) in [5.41, 5.74) is 0.338. The van der Waals surface area contributed by atoms with Gasteiger partial charge in [-0.05, 0) is 55.0 Å². The molecule has 0 radical (unpaired) electrons. The van der Waals surface area contributed by atoms with Crippen molar-refractivity contribution in [3.8, 4) is 0 Å². The highest BCUT2D eigenvalue weighted by atomic mass is 19.1. The summed E-state index contributed by atoms with van der Waals surface area (Å²) < 4.78 is 27.2. The second kappa shape index (κ2) is 6.72. The largest absolute Gasteiger partial charge is 0.349 e. The summed E-state index contributed by atoms with van der Waals surface area (Å²) in [5, 5.41) is 3.04. The Morgan fingerprint density at radius 1 is 1.11 bits per heavy atom. The average molecular weight is 371 g/mol. The maximum atomic E-state index is 13.8. The number of amides is 2. The molecule has 27 heavy (non-hydrogen) atoms. The molecule has 1 aliphatic heterocycles. The van der Waals surface area contributed by atoms with E-state index in [-0.39, 0.29) is 22.9 Å². The fraction of sp³-hybridized carbons (Fsp3) is 0.350. The van der Waals surface area contributed by atoms with Gasteiger partial charge in [0.1, 0.15) is 11.6 Å². The molecule has 2 aliphatic rings. The van der Waals surface area contributed by atoms with Crippen molar-refractivity contribution >= 4 is 11.8 Å². The Hall–Kier alpha value is -2.83. The number of hydrogen-bond acceptors (Lipinski definition) is 3. The Morgan fingerprint density at radius 3 is 2.52 bits per heavy atom. The van der Waals surface area contributed by atoms with Crippen molar-refractivity contribution in [1.82, 2.24) is 15.2 Å². The van der Waals surface area contributed by atoms with E-state index in [1.54, 1.807) is 29.4 Å². The van der Waals surface area contributed by atoms with E-state index in [9.17, 15) is 18.4 Å². The molecule has 1 saturated heterocycles. The van der Waals surface area contributed by atoms with Crippen LogP contribution in [-0.2, 0) is 0 Å². The van der Waals surface area contributed by atoms with Crippen LogP contribution >= 0.6 is 0 Å². The van der Waals surface area contributed by atoms with E-state index in [0.717, 1.165) is 37.5 Å². The Balaban J connectivity index is 1.35. The van der Waals surface area contributed by atoms with Crippen molar-refractivity contribution in [2.75, 3.05) is 13.1 Å². The minimum atomic E-state index is -0.712. The number of pyridine rings is 1. The van der Waals surface area contributed by atoms with E-state index in [4.69, 9.17) is 0 Å². The van der Waals surface area contributed by atoms with Crippen LogP contribution in [0.1, 0.15) is 40.0 Å². The van der Waals surface area contributed by atoms with Gasteiger partial charge in [-0.2, -0.15) is 0 Å². The van der Waals surface area contributed by atoms with Crippen LogP contribution in [0.25, 0.3) is 0 Å². The van der Waals surface area contributed by atoms with Crippen molar-refractivity contribution < 1.29 is 18.4 Å². The minimum Gasteiger partial charge on any atom is -0.349 e. The first-order valence-electron chi connectivity index (χ1n) is 8.94. The lowest BCUT2D eigenvalue weighted by Gasteiger charge is -2.33.